The molecule has 4 aromatic rings. The summed E-state index contributed by atoms with van der Waals surface area (Å²) in [6.07, 6.45) is 1.57. The highest BCUT2D eigenvalue weighted by Crippen LogP contribution is 2.26. The molecule has 0 bridgehead atoms. The molecule has 0 aliphatic rings. The lowest BCUT2D eigenvalue weighted by atomic mass is 10.1. The number of aromatic nitrogens is 1. The lowest BCUT2D eigenvalue weighted by Crippen LogP contribution is -2.39. The van der Waals surface area contributed by atoms with Gasteiger partial charge in [0.05, 0.1) is 23.9 Å². The second kappa shape index (κ2) is 11.8. The number of ether oxygens (including phenoxy) is 1. The summed E-state index contributed by atoms with van der Waals surface area (Å²) in [4.78, 5) is 13.1. The average Bonchev–Trinajstić information content (AvgIpc) is 3.19. The summed E-state index contributed by atoms with van der Waals surface area (Å²) in [6.45, 7) is 9.56. The van der Waals surface area contributed by atoms with E-state index in [2.05, 4.69) is 47.1 Å². The number of nitrogens with one attached hydrogen (secondary N) is 1. The maximum absolute atomic E-state index is 13.6. The van der Waals surface area contributed by atoms with Crippen LogP contribution >= 0.6 is 0 Å². The number of anilines is 1. The molecule has 4 rings (SSSR count). The van der Waals surface area contributed by atoms with Gasteiger partial charge in [0.15, 0.2) is 0 Å². The van der Waals surface area contributed by atoms with Gasteiger partial charge < -0.3 is 9.30 Å². The van der Waals surface area contributed by atoms with Crippen molar-refractivity contribution in [1.82, 2.24) is 9.99 Å². The minimum absolute atomic E-state index is 0.0871. The Morgan fingerprint density at radius 3 is 2.12 bits per heavy atom. The number of carbonyl (C=O) groups excluding carboxylic acids is 1. The zero-order chi connectivity index (χ0) is 29.0. The minimum Gasteiger partial charge on any atom is -0.497 e. The van der Waals surface area contributed by atoms with E-state index in [-0.39, 0.29) is 4.90 Å². The molecule has 0 aliphatic heterocycles. The first-order chi connectivity index (χ1) is 19.0. The van der Waals surface area contributed by atoms with E-state index in [1.165, 1.54) is 30.4 Å². The number of hydrazone groups is 1. The molecule has 8 nitrogen and oxygen atoms in total. The predicted octanol–water partition coefficient (Wildman–Crippen LogP) is 5.37. The molecule has 0 spiro atoms. The topological polar surface area (TPSA) is 93.0 Å². The average molecular weight is 559 g/mol. The van der Waals surface area contributed by atoms with Gasteiger partial charge in [-0.05, 0) is 100 Å². The summed E-state index contributed by atoms with van der Waals surface area (Å²) in [5, 5.41) is 4.15. The summed E-state index contributed by atoms with van der Waals surface area (Å²) < 4.78 is 35.5. The fourth-order valence-corrected chi connectivity index (χ4v) is 6.06. The van der Waals surface area contributed by atoms with Gasteiger partial charge >= 0.3 is 0 Å². The number of aryl methyl sites for hydroxylation is 4. The van der Waals surface area contributed by atoms with Crippen molar-refractivity contribution in [2.75, 3.05) is 18.0 Å². The Balaban J connectivity index is 1.56. The van der Waals surface area contributed by atoms with Gasteiger partial charge in [-0.1, -0.05) is 23.8 Å². The largest absolute Gasteiger partial charge is 0.497 e. The zero-order valence-corrected chi connectivity index (χ0v) is 24.4. The van der Waals surface area contributed by atoms with Gasteiger partial charge in [0.25, 0.3) is 15.9 Å². The molecule has 0 unspecified atom stereocenters. The predicted molar refractivity (Wildman–Crippen MR) is 159 cm³/mol. The molecule has 40 heavy (non-hydrogen) atoms. The standard InChI is InChI=1S/C31H34N4O4S/c1-21-7-13-30(14-8-21)40(37,38)34(27-9-11-29(39-6)12-10-27)20-31(36)33-32-19-26-18-24(4)35(25(26)5)28-16-22(2)15-23(3)17-28/h7-19H,20H2,1-6H3,(H,33,36)/b32-19+. The van der Waals surface area contributed by atoms with Crippen LogP contribution in [0, 0.1) is 34.6 Å². The fourth-order valence-electron chi connectivity index (χ4n) is 4.64. The molecule has 0 saturated carbocycles. The van der Waals surface area contributed by atoms with Gasteiger partial charge in [-0.25, -0.2) is 13.8 Å². The lowest BCUT2D eigenvalue weighted by molar-refractivity contribution is -0.119. The first kappa shape index (κ1) is 28.6. The van der Waals surface area contributed by atoms with Crippen molar-refractivity contribution in [3.05, 3.63) is 106 Å². The maximum Gasteiger partial charge on any atom is 0.264 e. The smallest absolute Gasteiger partial charge is 0.264 e. The van der Waals surface area contributed by atoms with Crippen LogP contribution in [0.5, 0.6) is 5.75 Å². The van der Waals surface area contributed by atoms with Crippen molar-refractivity contribution in [2.24, 2.45) is 5.10 Å². The van der Waals surface area contributed by atoms with Crippen molar-refractivity contribution in [1.29, 1.82) is 0 Å². The van der Waals surface area contributed by atoms with Gasteiger partial charge in [0.2, 0.25) is 0 Å². The first-order valence-electron chi connectivity index (χ1n) is 12.8. The normalized spacial score (nSPS) is 11.6. The molecule has 9 heteroatoms. The van der Waals surface area contributed by atoms with Crippen LogP contribution in [0.3, 0.4) is 0 Å². The van der Waals surface area contributed by atoms with Crippen LogP contribution in [0.15, 0.2) is 82.8 Å². The van der Waals surface area contributed by atoms with Crippen LogP contribution in [0.2, 0.25) is 0 Å². The van der Waals surface area contributed by atoms with Gasteiger partial charge in [-0.15, -0.1) is 0 Å². The van der Waals surface area contributed by atoms with Gasteiger partial charge in [0.1, 0.15) is 12.3 Å². The number of carbonyl (C=O) groups is 1. The summed E-state index contributed by atoms with van der Waals surface area (Å²) in [5.74, 6) is -0.00483. The summed E-state index contributed by atoms with van der Waals surface area (Å²) in [7, 11) is -2.50. The molecule has 0 aliphatic carbocycles. The van der Waals surface area contributed by atoms with Crippen molar-refractivity contribution in [2.45, 2.75) is 39.5 Å². The number of methoxy groups -OCH3 is 1. The fraction of sp³-hybridized carbons (Fsp3) is 0.226. The Labute approximate surface area is 236 Å². The summed E-state index contributed by atoms with van der Waals surface area (Å²) in [5.41, 5.74) is 10.0. The van der Waals surface area contributed by atoms with E-state index in [0.717, 1.165) is 32.5 Å². The third-order valence-corrected chi connectivity index (χ3v) is 8.37. The van der Waals surface area contributed by atoms with Crippen LogP contribution in [0.25, 0.3) is 5.69 Å². The lowest BCUT2D eigenvalue weighted by Gasteiger charge is -2.24. The highest BCUT2D eigenvalue weighted by atomic mass is 32.2. The molecule has 3 aromatic carbocycles. The third kappa shape index (κ3) is 6.26. The third-order valence-electron chi connectivity index (χ3n) is 6.58. The zero-order valence-electron chi connectivity index (χ0n) is 23.6. The summed E-state index contributed by atoms with van der Waals surface area (Å²) in [6, 6.07) is 21.4. The molecule has 0 atom stereocenters. The highest BCUT2D eigenvalue weighted by Gasteiger charge is 2.27. The van der Waals surface area contributed by atoms with E-state index >= 15 is 0 Å². The van der Waals surface area contributed by atoms with Crippen molar-refractivity contribution in [3.63, 3.8) is 0 Å². The van der Waals surface area contributed by atoms with Gasteiger partial charge in [-0.3, -0.25) is 9.10 Å². The Morgan fingerprint density at radius 2 is 1.52 bits per heavy atom. The number of amides is 1. The van der Waals surface area contributed by atoms with Crippen LogP contribution in [-0.4, -0.2) is 38.8 Å². The maximum atomic E-state index is 13.6. The van der Waals surface area contributed by atoms with Crippen molar-refractivity contribution >= 4 is 27.8 Å². The second-order valence-corrected chi connectivity index (χ2v) is 11.7. The second-order valence-electron chi connectivity index (χ2n) is 9.82. The number of benzene rings is 3. The van der Waals surface area contributed by atoms with Crippen LogP contribution in [-0.2, 0) is 14.8 Å². The van der Waals surface area contributed by atoms with E-state index in [4.69, 9.17) is 4.74 Å². The molecule has 1 aromatic heterocycles. The van der Waals surface area contributed by atoms with E-state index < -0.39 is 22.5 Å². The van der Waals surface area contributed by atoms with Crippen LogP contribution in [0.4, 0.5) is 5.69 Å². The van der Waals surface area contributed by atoms with Crippen molar-refractivity contribution in [3.8, 4) is 11.4 Å². The molecule has 208 valence electrons. The Morgan fingerprint density at radius 1 is 0.900 bits per heavy atom. The van der Waals surface area contributed by atoms with E-state index in [1.807, 2.05) is 26.8 Å². The Hall–Kier alpha value is -4.37. The van der Waals surface area contributed by atoms with Gasteiger partial charge in [-0.2, -0.15) is 5.10 Å². The quantitative estimate of drug-likeness (QED) is 0.221. The molecule has 1 heterocycles. The molecule has 1 amide bonds. The SMILES string of the molecule is COc1ccc(N(CC(=O)N/N=C/c2cc(C)n(-c3cc(C)cc(C)c3)c2C)S(=O)(=O)c2ccc(C)cc2)cc1. The minimum atomic E-state index is -4.03. The van der Waals surface area contributed by atoms with Crippen LogP contribution in [0.1, 0.15) is 33.6 Å². The van der Waals surface area contributed by atoms with E-state index in [9.17, 15) is 13.2 Å². The van der Waals surface area contributed by atoms with E-state index in [0.29, 0.717) is 11.4 Å². The highest BCUT2D eigenvalue weighted by molar-refractivity contribution is 7.92. The number of nitrogens with zero attached hydrogens (tertiary/aromatic N) is 3. The number of sulfonamides is 1. The van der Waals surface area contributed by atoms with E-state index in [1.54, 1.807) is 42.6 Å². The molecule has 0 saturated heterocycles. The van der Waals surface area contributed by atoms with Crippen LogP contribution < -0.4 is 14.5 Å². The number of rotatable bonds is 9. The van der Waals surface area contributed by atoms with Crippen molar-refractivity contribution < 1.29 is 17.9 Å². The summed E-state index contributed by atoms with van der Waals surface area (Å²) >= 11 is 0. The molecule has 1 N–H and O–H groups in total. The number of hydrogen-bond donors (Lipinski definition) is 1. The Bertz CT molecular complexity index is 1630. The molecular formula is C31H34N4O4S. The Kier molecular flexibility index (Phi) is 8.44. The number of hydrogen-bond acceptors (Lipinski definition) is 5. The first-order valence-corrected chi connectivity index (χ1v) is 14.3. The molecular weight excluding hydrogens is 524 g/mol. The molecule has 0 radical (unpaired) electrons. The monoisotopic (exact) mass is 558 g/mol. The molecule has 0 fully saturated rings. The van der Waals surface area contributed by atoms with Gasteiger partial charge in [0, 0.05) is 22.6 Å².